The van der Waals surface area contributed by atoms with Gasteiger partial charge < -0.3 is 15.1 Å². The van der Waals surface area contributed by atoms with Crippen molar-refractivity contribution >= 4 is 11.7 Å². The monoisotopic (exact) mass is 290 g/mol. The van der Waals surface area contributed by atoms with E-state index in [1.165, 1.54) is 12.8 Å². The second kappa shape index (κ2) is 6.89. The van der Waals surface area contributed by atoms with Crippen LogP contribution in [0.5, 0.6) is 0 Å². The van der Waals surface area contributed by atoms with E-state index in [0.717, 1.165) is 24.8 Å². The number of rotatable bonds is 4. The normalized spacial score (nSPS) is 17.6. The topological polar surface area (TPSA) is 48.5 Å². The molecule has 5 heteroatoms. The third-order valence-electron chi connectivity index (χ3n) is 4.43. The summed E-state index contributed by atoms with van der Waals surface area (Å²) < 4.78 is 0. The predicted molar refractivity (Wildman–Crippen MR) is 85.7 cm³/mol. The maximum absolute atomic E-state index is 11.8. The average Bonchev–Trinajstić information content (AvgIpc) is 2.53. The Morgan fingerprint density at radius 1 is 1.38 bits per heavy atom. The summed E-state index contributed by atoms with van der Waals surface area (Å²) in [4.78, 5) is 20.2. The highest BCUT2D eigenvalue weighted by molar-refractivity contribution is 5.93. The van der Waals surface area contributed by atoms with Gasteiger partial charge in [0.2, 0.25) is 0 Å². The molecular formula is C16H26N4O. The third-order valence-corrected chi connectivity index (χ3v) is 4.43. The highest BCUT2D eigenvalue weighted by Crippen LogP contribution is 2.24. The molecule has 1 aromatic heterocycles. The molecule has 0 radical (unpaired) electrons. The highest BCUT2D eigenvalue weighted by atomic mass is 16.2. The summed E-state index contributed by atoms with van der Waals surface area (Å²) in [6, 6.07) is 4.39. The van der Waals surface area contributed by atoms with Crippen molar-refractivity contribution in [2.75, 3.05) is 39.1 Å². The lowest BCUT2D eigenvalue weighted by molar-refractivity contribution is 0.0827. The van der Waals surface area contributed by atoms with E-state index in [1.807, 2.05) is 19.2 Å². The number of pyridine rings is 1. The van der Waals surface area contributed by atoms with Crippen molar-refractivity contribution in [2.24, 2.45) is 5.92 Å². The summed E-state index contributed by atoms with van der Waals surface area (Å²) in [6.07, 6.45) is 4.05. The van der Waals surface area contributed by atoms with Crippen LogP contribution in [-0.4, -0.2) is 56.1 Å². The molecule has 1 aliphatic heterocycles. The van der Waals surface area contributed by atoms with Crippen LogP contribution < -0.4 is 10.2 Å². The van der Waals surface area contributed by atoms with Crippen LogP contribution in [0.1, 0.15) is 30.1 Å². The van der Waals surface area contributed by atoms with Gasteiger partial charge in [0.1, 0.15) is 5.82 Å². The number of amides is 1. The second-order valence-corrected chi connectivity index (χ2v) is 6.01. The molecule has 1 unspecified atom stereocenters. The summed E-state index contributed by atoms with van der Waals surface area (Å²) in [6.45, 7) is 4.32. The smallest absolute Gasteiger partial charge is 0.254 e. The Morgan fingerprint density at radius 3 is 2.52 bits per heavy atom. The number of nitrogens with zero attached hydrogens (tertiary/aromatic N) is 3. The first-order valence-corrected chi connectivity index (χ1v) is 7.63. The van der Waals surface area contributed by atoms with Crippen molar-refractivity contribution in [1.82, 2.24) is 15.2 Å². The van der Waals surface area contributed by atoms with Gasteiger partial charge in [0.25, 0.3) is 5.91 Å². The lowest BCUT2D eigenvalue weighted by Gasteiger charge is -2.35. The Kier molecular flexibility index (Phi) is 5.17. The maximum atomic E-state index is 11.8. The molecule has 2 rings (SSSR count). The quantitative estimate of drug-likeness (QED) is 0.915. The van der Waals surface area contributed by atoms with Gasteiger partial charge in [-0.2, -0.15) is 0 Å². The zero-order valence-electron chi connectivity index (χ0n) is 13.5. The van der Waals surface area contributed by atoms with E-state index in [2.05, 4.69) is 22.1 Å². The van der Waals surface area contributed by atoms with E-state index in [1.54, 1.807) is 25.2 Å². The number of carbonyl (C=O) groups excluding carboxylic acids is 1. The summed E-state index contributed by atoms with van der Waals surface area (Å²) in [7, 11) is 5.53. The van der Waals surface area contributed by atoms with Gasteiger partial charge in [0.15, 0.2) is 0 Å². The van der Waals surface area contributed by atoms with Crippen LogP contribution in [0, 0.1) is 5.92 Å². The van der Waals surface area contributed by atoms with Crippen molar-refractivity contribution in [3.8, 4) is 0 Å². The number of carbonyl (C=O) groups is 1. The average molecular weight is 290 g/mol. The fourth-order valence-electron chi connectivity index (χ4n) is 2.82. The van der Waals surface area contributed by atoms with Crippen molar-refractivity contribution in [1.29, 1.82) is 0 Å². The van der Waals surface area contributed by atoms with Crippen LogP contribution in [0.15, 0.2) is 18.3 Å². The van der Waals surface area contributed by atoms with Gasteiger partial charge in [-0.1, -0.05) is 0 Å². The van der Waals surface area contributed by atoms with E-state index in [9.17, 15) is 4.79 Å². The summed E-state index contributed by atoms with van der Waals surface area (Å²) in [5, 5.41) is 3.34. The predicted octanol–water partition coefficient (Wildman–Crippen LogP) is 1.61. The number of hydrogen-bond donors (Lipinski definition) is 1. The molecule has 1 aromatic rings. The van der Waals surface area contributed by atoms with E-state index in [4.69, 9.17) is 0 Å². The molecule has 1 saturated heterocycles. The van der Waals surface area contributed by atoms with Crippen LogP contribution in [0.4, 0.5) is 5.82 Å². The van der Waals surface area contributed by atoms with Gasteiger partial charge >= 0.3 is 0 Å². The molecule has 0 aromatic carbocycles. The SMILES string of the molecule is CNC(C)C1CCN(c2ccc(C(=O)N(C)C)cn2)CC1. The van der Waals surface area contributed by atoms with E-state index >= 15 is 0 Å². The van der Waals surface area contributed by atoms with Gasteiger partial charge in [0.05, 0.1) is 5.56 Å². The number of hydrogen-bond acceptors (Lipinski definition) is 4. The van der Waals surface area contributed by atoms with Gasteiger partial charge in [0, 0.05) is 39.4 Å². The standard InChI is InChI=1S/C16H26N4O/c1-12(17-2)13-7-9-20(10-8-13)15-6-5-14(11-18-15)16(21)19(3)4/h5-6,11-13,17H,7-10H2,1-4H3. The van der Waals surface area contributed by atoms with Crippen LogP contribution in [-0.2, 0) is 0 Å². The number of piperidine rings is 1. The van der Waals surface area contributed by atoms with Crippen LogP contribution >= 0.6 is 0 Å². The van der Waals surface area contributed by atoms with Gasteiger partial charge in [-0.15, -0.1) is 0 Å². The van der Waals surface area contributed by atoms with Gasteiger partial charge in [-0.3, -0.25) is 4.79 Å². The third kappa shape index (κ3) is 3.73. The van der Waals surface area contributed by atoms with Crippen molar-refractivity contribution < 1.29 is 4.79 Å². The summed E-state index contributed by atoms with van der Waals surface area (Å²) in [5.74, 6) is 1.71. The molecule has 21 heavy (non-hydrogen) atoms. The Balaban J connectivity index is 1.96. The lowest BCUT2D eigenvalue weighted by Crippen LogP contribution is -2.41. The fourth-order valence-corrected chi connectivity index (χ4v) is 2.82. The number of nitrogens with one attached hydrogen (secondary N) is 1. The Morgan fingerprint density at radius 2 is 2.05 bits per heavy atom. The molecule has 116 valence electrons. The molecule has 0 spiro atoms. The first-order valence-electron chi connectivity index (χ1n) is 7.63. The molecular weight excluding hydrogens is 264 g/mol. The molecule has 0 bridgehead atoms. The van der Waals surface area contributed by atoms with E-state index in [0.29, 0.717) is 11.6 Å². The largest absolute Gasteiger partial charge is 0.357 e. The van der Waals surface area contributed by atoms with Gasteiger partial charge in [-0.25, -0.2) is 4.98 Å². The minimum atomic E-state index is -0.00407. The second-order valence-electron chi connectivity index (χ2n) is 6.01. The Hall–Kier alpha value is -1.62. The minimum Gasteiger partial charge on any atom is -0.357 e. The molecule has 0 aliphatic carbocycles. The maximum Gasteiger partial charge on any atom is 0.254 e. The molecule has 1 aliphatic rings. The fraction of sp³-hybridized carbons (Fsp3) is 0.625. The first kappa shape index (κ1) is 15.8. The van der Waals surface area contributed by atoms with E-state index < -0.39 is 0 Å². The minimum absolute atomic E-state index is 0.00407. The van der Waals surface area contributed by atoms with Crippen molar-refractivity contribution in [2.45, 2.75) is 25.8 Å². The van der Waals surface area contributed by atoms with Crippen LogP contribution in [0.3, 0.4) is 0 Å². The number of aromatic nitrogens is 1. The zero-order valence-corrected chi connectivity index (χ0v) is 13.5. The summed E-state index contributed by atoms with van der Waals surface area (Å²) >= 11 is 0. The molecule has 1 fully saturated rings. The molecule has 0 saturated carbocycles. The van der Waals surface area contributed by atoms with Crippen LogP contribution in [0.25, 0.3) is 0 Å². The van der Waals surface area contributed by atoms with Crippen LogP contribution in [0.2, 0.25) is 0 Å². The summed E-state index contributed by atoms with van der Waals surface area (Å²) in [5.41, 5.74) is 0.641. The molecule has 2 heterocycles. The molecule has 1 atom stereocenters. The first-order chi connectivity index (χ1) is 10.0. The Labute approximate surface area is 127 Å². The highest BCUT2D eigenvalue weighted by Gasteiger charge is 2.23. The molecule has 5 nitrogen and oxygen atoms in total. The molecule has 1 N–H and O–H groups in total. The van der Waals surface area contributed by atoms with Gasteiger partial charge in [-0.05, 0) is 44.9 Å². The zero-order chi connectivity index (χ0) is 15.4. The van der Waals surface area contributed by atoms with E-state index in [-0.39, 0.29) is 5.91 Å². The number of anilines is 1. The molecule has 1 amide bonds. The van der Waals surface area contributed by atoms with Crippen molar-refractivity contribution in [3.05, 3.63) is 23.9 Å². The Bertz CT molecular complexity index is 464. The lowest BCUT2D eigenvalue weighted by atomic mass is 9.90. The van der Waals surface area contributed by atoms with Crippen molar-refractivity contribution in [3.63, 3.8) is 0 Å².